The van der Waals surface area contributed by atoms with Crippen molar-refractivity contribution in [1.29, 1.82) is 0 Å². The molecule has 1 fully saturated rings. The summed E-state index contributed by atoms with van der Waals surface area (Å²) >= 11 is 0. The van der Waals surface area contributed by atoms with E-state index in [0.29, 0.717) is 12.3 Å². The van der Waals surface area contributed by atoms with E-state index in [9.17, 15) is 4.79 Å². The fraction of sp³-hybridized carbons (Fsp3) is 0.333. The van der Waals surface area contributed by atoms with E-state index >= 15 is 0 Å². The van der Waals surface area contributed by atoms with Crippen molar-refractivity contribution in [3.05, 3.63) is 95.8 Å². The zero-order valence-corrected chi connectivity index (χ0v) is 18.7. The SMILES string of the molecule is COc1ccc(CC(=O)N2CCN(Cc3ccccc3)C[C@H](Cc3ccccn3)C2)cc1. The molecule has 1 amide bonds. The predicted octanol–water partition coefficient (Wildman–Crippen LogP) is 3.84. The first-order valence-corrected chi connectivity index (χ1v) is 11.3. The number of hydrogen-bond acceptors (Lipinski definition) is 4. The Balaban J connectivity index is 1.46. The molecule has 4 rings (SSSR count). The van der Waals surface area contributed by atoms with Crippen molar-refractivity contribution in [2.24, 2.45) is 5.92 Å². The summed E-state index contributed by atoms with van der Waals surface area (Å²) in [5.74, 6) is 1.33. The van der Waals surface area contributed by atoms with Gasteiger partial charge in [-0.05, 0) is 47.7 Å². The fourth-order valence-corrected chi connectivity index (χ4v) is 4.36. The van der Waals surface area contributed by atoms with Crippen LogP contribution in [-0.2, 0) is 24.2 Å². The predicted molar refractivity (Wildman–Crippen MR) is 126 cm³/mol. The van der Waals surface area contributed by atoms with Crippen LogP contribution in [0.2, 0.25) is 0 Å². The number of hydrogen-bond donors (Lipinski definition) is 0. The van der Waals surface area contributed by atoms with E-state index in [2.05, 4.69) is 46.3 Å². The third-order valence-corrected chi connectivity index (χ3v) is 6.02. The molecule has 1 aliphatic rings. The quantitative estimate of drug-likeness (QED) is 0.573. The van der Waals surface area contributed by atoms with Crippen molar-refractivity contribution < 1.29 is 9.53 Å². The average Bonchev–Trinajstić information content (AvgIpc) is 3.03. The van der Waals surface area contributed by atoms with E-state index in [1.54, 1.807) is 7.11 Å². The van der Waals surface area contributed by atoms with Crippen LogP contribution in [0.15, 0.2) is 79.0 Å². The van der Waals surface area contributed by atoms with Gasteiger partial charge in [-0.2, -0.15) is 0 Å². The van der Waals surface area contributed by atoms with E-state index in [4.69, 9.17) is 4.74 Å². The smallest absolute Gasteiger partial charge is 0.227 e. The molecule has 0 unspecified atom stereocenters. The van der Waals surface area contributed by atoms with E-state index in [1.807, 2.05) is 47.5 Å². The molecule has 1 aliphatic heterocycles. The Hall–Kier alpha value is -3.18. The Morgan fingerprint density at radius 2 is 1.72 bits per heavy atom. The molecule has 2 aromatic carbocycles. The van der Waals surface area contributed by atoms with Gasteiger partial charge in [-0.25, -0.2) is 0 Å². The first-order chi connectivity index (χ1) is 15.7. The molecule has 0 bridgehead atoms. The van der Waals surface area contributed by atoms with E-state index in [1.165, 1.54) is 5.56 Å². The van der Waals surface area contributed by atoms with Crippen LogP contribution < -0.4 is 4.74 Å². The van der Waals surface area contributed by atoms with Gasteiger partial charge in [0.15, 0.2) is 0 Å². The largest absolute Gasteiger partial charge is 0.497 e. The summed E-state index contributed by atoms with van der Waals surface area (Å²) < 4.78 is 5.23. The molecule has 5 heteroatoms. The Bertz CT molecular complexity index is 977. The number of methoxy groups -OCH3 is 1. The van der Waals surface area contributed by atoms with Gasteiger partial charge in [0.1, 0.15) is 5.75 Å². The minimum Gasteiger partial charge on any atom is -0.497 e. The molecule has 2 heterocycles. The normalized spacial score (nSPS) is 17.0. The van der Waals surface area contributed by atoms with Crippen LogP contribution in [0.25, 0.3) is 0 Å². The Labute approximate surface area is 190 Å². The summed E-state index contributed by atoms with van der Waals surface area (Å²) in [6.07, 6.45) is 3.14. The Morgan fingerprint density at radius 3 is 2.44 bits per heavy atom. The number of carbonyl (C=O) groups excluding carboxylic acids is 1. The number of nitrogens with zero attached hydrogens (tertiary/aromatic N) is 3. The first kappa shape index (κ1) is 22.0. The van der Waals surface area contributed by atoms with Crippen molar-refractivity contribution >= 4 is 5.91 Å². The number of carbonyl (C=O) groups is 1. The molecule has 0 aliphatic carbocycles. The number of rotatable bonds is 7. The molecule has 0 radical (unpaired) electrons. The lowest BCUT2D eigenvalue weighted by atomic mass is 10.0. The summed E-state index contributed by atoms with van der Waals surface area (Å²) in [4.78, 5) is 22.3. The number of benzene rings is 2. The minimum atomic E-state index is 0.183. The van der Waals surface area contributed by atoms with E-state index < -0.39 is 0 Å². The van der Waals surface area contributed by atoms with Crippen LogP contribution >= 0.6 is 0 Å². The molecule has 0 N–H and O–H groups in total. The van der Waals surface area contributed by atoms with Gasteiger partial charge in [-0.1, -0.05) is 48.5 Å². The lowest BCUT2D eigenvalue weighted by molar-refractivity contribution is -0.130. The molecule has 1 atom stereocenters. The molecular weight excluding hydrogens is 398 g/mol. The maximum Gasteiger partial charge on any atom is 0.227 e. The lowest BCUT2D eigenvalue weighted by Gasteiger charge is -2.24. The summed E-state index contributed by atoms with van der Waals surface area (Å²) in [5.41, 5.74) is 3.41. The Morgan fingerprint density at radius 1 is 0.938 bits per heavy atom. The van der Waals surface area contributed by atoms with Crippen LogP contribution in [0, 0.1) is 5.92 Å². The Kier molecular flexibility index (Phi) is 7.51. The van der Waals surface area contributed by atoms with Crippen molar-refractivity contribution in [1.82, 2.24) is 14.8 Å². The average molecular weight is 430 g/mol. The van der Waals surface area contributed by atoms with E-state index in [0.717, 1.165) is 56.2 Å². The number of pyridine rings is 1. The highest BCUT2D eigenvalue weighted by Gasteiger charge is 2.26. The maximum atomic E-state index is 13.2. The van der Waals surface area contributed by atoms with Crippen LogP contribution in [0.3, 0.4) is 0 Å². The lowest BCUT2D eigenvalue weighted by Crippen LogP contribution is -2.37. The second-order valence-electron chi connectivity index (χ2n) is 8.48. The van der Waals surface area contributed by atoms with Crippen molar-refractivity contribution in [3.63, 3.8) is 0 Å². The van der Waals surface area contributed by atoms with Gasteiger partial charge in [-0.15, -0.1) is 0 Å². The first-order valence-electron chi connectivity index (χ1n) is 11.3. The third kappa shape index (κ3) is 6.17. The van der Waals surface area contributed by atoms with Gasteiger partial charge in [0.25, 0.3) is 0 Å². The molecule has 1 aromatic heterocycles. The summed E-state index contributed by atoms with van der Waals surface area (Å²) in [6, 6.07) is 24.4. The molecular formula is C27H31N3O2. The van der Waals surface area contributed by atoms with Gasteiger partial charge >= 0.3 is 0 Å². The summed E-state index contributed by atoms with van der Waals surface area (Å²) in [6.45, 7) is 4.25. The van der Waals surface area contributed by atoms with Crippen LogP contribution in [0.1, 0.15) is 16.8 Å². The zero-order valence-electron chi connectivity index (χ0n) is 18.7. The molecule has 0 spiro atoms. The van der Waals surface area contributed by atoms with Crippen molar-refractivity contribution in [3.8, 4) is 5.75 Å². The number of ether oxygens (including phenoxy) is 1. The van der Waals surface area contributed by atoms with Gasteiger partial charge < -0.3 is 9.64 Å². The second kappa shape index (κ2) is 10.9. The van der Waals surface area contributed by atoms with Crippen LogP contribution in [0.5, 0.6) is 5.75 Å². The monoisotopic (exact) mass is 429 g/mol. The van der Waals surface area contributed by atoms with Crippen molar-refractivity contribution in [2.45, 2.75) is 19.4 Å². The van der Waals surface area contributed by atoms with Gasteiger partial charge in [0, 0.05) is 44.6 Å². The molecule has 166 valence electrons. The van der Waals surface area contributed by atoms with Crippen LogP contribution in [-0.4, -0.2) is 54.0 Å². The highest BCUT2D eigenvalue weighted by molar-refractivity contribution is 5.78. The number of aromatic nitrogens is 1. The van der Waals surface area contributed by atoms with Gasteiger partial charge in [0.05, 0.1) is 13.5 Å². The van der Waals surface area contributed by atoms with Gasteiger partial charge in [-0.3, -0.25) is 14.7 Å². The second-order valence-corrected chi connectivity index (χ2v) is 8.48. The molecule has 5 nitrogen and oxygen atoms in total. The summed E-state index contributed by atoms with van der Waals surface area (Å²) in [5, 5.41) is 0. The van der Waals surface area contributed by atoms with E-state index in [-0.39, 0.29) is 5.91 Å². The highest BCUT2D eigenvalue weighted by atomic mass is 16.5. The minimum absolute atomic E-state index is 0.183. The zero-order chi connectivity index (χ0) is 22.2. The topological polar surface area (TPSA) is 45.7 Å². The van der Waals surface area contributed by atoms with Crippen LogP contribution in [0.4, 0.5) is 0 Å². The molecule has 1 saturated heterocycles. The molecule has 3 aromatic rings. The third-order valence-electron chi connectivity index (χ3n) is 6.02. The van der Waals surface area contributed by atoms with Crippen molar-refractivity contribution in [2.75, 3.05) is 33.3 Å². The fourth-order valence-electron chi connectivity index (χ4n) is 4.36. The van der Waals surface area contributed by atoms with Gasteiger partial charge in [0.2, 0.25) is 5.91 Å². The standard InChI is InChI=1S/C27H31N3O2/c1-32-26-12-10-22(11-13-26)18-27(31)30-16-15-29(19-23-7-3-2-4-8-23)20-24(21-30)17-25-9-5-6-14-28-25/h2-14,24H,15-21H2,1H3/t24-/m0/s1. The number of amides is 1. The highest BCUT2D eigenvalue weighted by Crippen LogP contribution is 2.18. The molecule has 32 heavy (non-hydrogen) atoms. The maximum absolute atomic E-state index is 13.2. The summed E-state index contributed by atoms with van der Waals surface area (Å²) in [7, 11) is 1.65. The molecule has 0 saturated carbocycles.